The van der Waals surface area contributed by atoms with Crippen molar-refractivity contribution in [1.82, 2.24) is 9.88 Å². The van der Waals surface area contributed by atoms with Crippen molar-refractivity contribution < 1.29 is 9.84 Å². The van der Waals surface area contributed by atoms with Gasteiger partial charge >= 0.3 is 0 Å². The van der Waals surface area contributed by atoms with Crippen molar-refractivity contribution in [3.63, 3.8) is 0 Å². The molecule has 23 heavy (non-hydrogen) atoms. The van der Waals surface area contributed by atoms with Crippen LogP contribution in [0.2, 0.25) is 5.02 Å². The van der Waals surface area contributed by atoms with Crippen molar-refractivity contribution in [2.24, 2.45) is 0 Å². The van der Waals surface area contributed by atoms with Crippen molar-refractivity contribution in [2.45, 2.75) is 45.4 Å². The zero-order valence-electron chi connectivity index (χ0n) is 13.8. The molecule has 1 aromatic carbocycles. The second-order valence-electron chi connectivity index (χ2n) is 6.40. The summed E-state index contributed by atoms with van der Waals surface area (Å²) in [6.07, 6.45) is 2.09. The Kier molecular flexibility index (Phi) is 5.27. The van der Waals surface area contributed by atoms with E-state index in [0.29, 0.717) is 19.2 Å². The van der Waals surface area contributed by atoms with Crippen molar-refractivity contribution in [1.29, 1.82) is 0 Å². The highest BCUT2D eigenvalue weighted by Crippen LogP contribution is 2.30. The Balaban J connectivity index is 1.67. The van der Waals surface area contributed by atoms with Crippen LogP contribution in [0.3, 0.4) is 0 Å². The zero-order chi connectivity index (χ0) is 16.4. The van der Waals surface area contributed by atoms with Crippen molar-refractivity contribution in [2.75, 3.05) is 19.7 Å². The molecule has 2 heterocycles. The highest BCUT2D eigenvalue weighted by Gasteiger charge is 2.18. The molecule has 3 rings (SSSR count). The van der Waals surface area contributed by atoms with E-state index < -0.39 is 6.10 Å². The molecule has 5 heteroatoms. The van der Waals surface area contributed by atoms with Gasteiger partial charge in [0, 0.05) is 30.8 Å². The normalized spacial score (nSPS) is 19.6. The first-order chi connectivity index (χ1) is 11.1. The van der Waals surface area contributed by atoms with Crippen LogP contribution in [-0.4, -0.2) is 41.6 Å². The Morgan fingerprint density at radius 3 is 3.00 bits per heavy atom. The molecule has 1 aliphatic heterocycles. The quantitative estimate of drug-likeness (QED) is 0.852. The van der Waals surface area contributed by atoms with Crippen LogP contribution < -0.4 is 5.32 Å². The molecule has 1 aromatic heterocycles. The SMILES string of the molecule is Cc1c(C)n(C[C@H](O)CNC[C@H]2CCCO2)c2c(Cl)cccc12. The predicted octanol–water partition coefficient (Wildman–Crippen LogP) is 3.04. The Morgan fingerprint density at radius 1 is 1.43 bits per heavy atom. The molecule has 2 N–H and O–H groups in total. The maximum atomic E-state index is 10.4. The first kappa shape index (κ1) is 16.8. The van der Waals surface area contributed by atoms with Gasteiger partial charge in [-0.1, -0.05) is 23.7 Å². The van der Waals surface area contributed by atoms with Crippen molar-refractivity contribution in [3.05, 3.63) is 34.5 Å². The molecule has 0 amide bonds. The van der Waals surface area contributed by atoms with Crippen LogP contribution in [0.5, 0.6) is 0 Å². The standard InChI is InChI=1S/C18H25ClN2O2/c1-12-13(2)21(18-16(12)6-3-7-17(18)19)11-14(22)9-20-10-15-5-4-8-23-15/h3,6-7,14-15,20,22H,4-5,8-11H2,1-2H3/t14-,15-/m1/s1. The van der Waals surface area contributed by atoms with Gasteiger partial charge in [0.2, 0.25) is 0 Å². The number of aromatic nitrogens is 1. The Morgan fingerprint density at radius 2 is 2.26 bits per heavy atom. The summed E-state index contributed by atoms with van der Waals surface area (Å²) in [5.74, 6) is 0. The third-order valence-corrected chi connectivity index (χ3v) is 5.08. The number of nitrogens with one attached hydrogen (secondary N) is 1. The lowest BCUT2D eigenvalue weighted by Crippen LogP contribution is -2.35. The van der Waals surface area contributed by atoms with E-state index in [4.69, 9.17) is 16.3 Å². The summed E-state index contributed by atoms with van der Waals surface area (Å²) in [6, 6.07) is 5.96. The number of ether oxygens (including phenoxy) is 1. The van der Waals surface area contributed by atoms with Gasteiger partial charge in [-0.3, -0.25) is 0 Å². The van der Waals surface area contributed by atoms with Gasteiger partial charge in [0.15, 0.2) is 0 Å². The minimum Gasteiger partial charge on any atom is -0.390 e. The molecular formula is C18H25ClN2O2. The molecule has 0 radical (unpaired) electrons. The molecule has 0 bridgehead atoms. The number of hydrogen-bond donors (Lipinski definition) is 2. The van der Waals surface area contributed by atoms with Crippen LogP contribution in [0.1, 0.15) is 24.1 Å². The number of fused-ring (bicyclic) bond motifs is 1. The van der Waals surface area contributed by atoms with E-state index in [2.05, 4.69) is 29.8 Å². The molecule has 0 aliphatic carbocycles. The Hall–Kier alpha value is -1.07. The number of para-hydroxylation sites is 1. The third kappa shape index (κ3) is 3.56. The van der Waals surface area contributed by atoms with Gasteiger partial charge < -0.3 is 19.7 Å². The second-order valence-corrected chi connectivity index (χ2v) is 6.81. The van der Waals surface area contributed by atoms with E-state index in [1.165, 1.54) is 5.56 Å². The molecule has 1 saturated heterocycles. The van der Waals surface area contributed by atoms with Crippen LogP contribution in [0.25, 0.3) is 10.9 Å². The van der Waals surface area contributed by atoms with Crippen LogP contribution >= 0.6 is 11.6 Å². The van der Waals surface area contributed by atoms with Gasteiger partial charge in [-0.2, -0.15) is 0 Å². The number of aryl methyl sites for hydroxylation is 1. The van der Waals surface area contributed by atoms with E-state index in [9.17, 15) is 5.11 Å². The van der Waals surface area contributed by atoms with Crippen LogP contribution in [0, 0.1) is 13.8 Å². The monoisotopic (exact) mass is 336 g/mol. The summed E-state index contributed by atoms with van der Waals surface area (Å²) in [7, 11) is 0. The fourth-order valence-electron chi connectivity index (χ4n) is 3.38. The Labute approximate surface area is 142 Å². The third-order valence-electron chi connectivity index (χ3n) is 4.78. The van der Waals surface area contributed by atoms with E-state index in [1.807, 2.05) is 12.1 Å². The molecule has 0 saturated carbocycles. The second kappa shape index (κ2) is 7.22. The summed E-state index contributed by atoms with van der Waals surface area (Å²) in [5.41, 5.74) is 3.40. The molecular weight excluding hydrogens is 312 g/mol. The van der Waals surface area contributed by atoms with Crippen LogP contribution in [0.15, 0.2) is 18.2 Å². The lowest BCUT2D eigenvalue weighted by Gasteiger charge is -2.17. The van der Waals surface area contributed by atoms with Gasteiger partial charge in [0.1, 0.15) is 0 Å². The fraction of sp³-hybridized carbons (Fsp3) is 0.556. The summed E-state index contributed by atoms with van der Waals surface area (Å²) in [4.78, 5) is 0. The van der Waals surface area contributed by atoms with Gasteiger partial charge in [0.25, 0.3) is 0 Å². The van der Waals surface area contributed by atoms with E-state index in [1.54, 1.807) is 0 Å². The minimum atomic E-state index is -0.457. The predicted molar refractivity (Wildman–Crippen MR) is 94.3 cm³/mol. The van der Waals surface area contributed by atoms with Gasteiger partial charge in [0.05, 0.1) is 29.3 Å². The van der Waals surface area contributed by atoms with Crippen LogP contribution in [0.4, 0.5) is 0 Å². The Bertz CT molecular complexity index is 677. The lowest BCUT2D eigenvalue weighted by molar-refractivity contribution is 0.101. The number of hydrogen-bond acceptors (Lipinski definition) is 3. The minimum absolute atomic E-state index is 0.299. The maximum absolute atomic E-state index is 10.4. The average Bonchev–Trinajstić information content (AvgIpc) is 3.12. The highest BCUT2D eigenvalue weighted by atomic mass is 35.5. The lowest BCUT2D eigenvalue weighted by atomic mass is 10.2. The van der Waals surface area contributed by atoms with E-state index in [0.717, 1.165) is 47.6 Å². The molecule has 4 nitrogen and oxygen atoms in total. The molecule has 1 aliphatic rings. The number of aliphatic hydroxyl groups is 1. The highest BCUT2D eigenvalue weighted by molar-refractivity contribution is 6.35. The number of aliphatic hydroxyl groups excluding tert-OH is 1. The number of halogens is 1. The number of rotatable bonds is 6. The fourth-order valence-corrected chi connectivity index (χ4v) is 3.65. The van der Waals surface area contributed by atoms with Crippen molar-refractivity contribution in [3.8, 4) is 0 Å². The molecule has 2 aromatic rings. The van der Waals surface area contributed by atoms with Gasteiger partial charge in [-0.25, -0.2) is 0 Å². The summed E-state index contributed by atoms with van der Waals surface area (Å²) in [5, 5.41) is 15.6. The van der Waals surface area contributed by atoms with Crippen LogP contribution in [-0.2, 0) is 11.3 Å². The molecule has 0 spiro atoms. The smallest absolute Gasteiger partial charge is 0.0843 e. The van der Waals surface area contributed by atoms with Gasteiger partial charge in [-0.15, -0.1) is 0 Å². The van der Waals surface area contributed by atoms with Gasteiger partial charge in [-0.05, 0) is 38.3 Å². The topological polar surface area (TPSA) is 46.4 Å². The first-order valence-electron chi connectivity index (χ1n) is 8.32. The zero-order valence-corrected chi connectivity index (χ0v) is 14.6. The molecule has 2 atom stereocenters. The summed E-state index contributed by atoms with van der Waals surface area (Å²) >= 11 is 6.39. The maximum Gasteiger partial charge on any atom is 0.0843 e. The molecule has 1 fully saturated rings. The number of nitrogens with zero attached hydrogens (tertiary/aromatic N) is 1. The van der Waals surface area contributed by atoms with E-state index in [-0.39, 0.29) is 0 Å². The summed E-state index contributed by atoms with van der Waals surface area (Å²) in [6.45, 7) is 6.95. The number of benzene rings is 1. The largest absolute Gasteiger partial charge is 0.390 e. The summed E-state index contributed by atoms with van der Waals surface area (Å²) < 4.78 is 7.71. The molecule has 0 unspecified atom stereocenters. The molecule has 126 valence electrons. The van der Waals surface area contributed by atoms with E-state index >= 15 is 0 Å². The van der Waals surface area contributed by atoms with Crippen molar-refractivity contribution >= 4 is 22.5 Å². The average molecular weight is 337 g/mol. The first-order valence-corrected chi connectivity index (χ1v) is 8.70.